The highest BCUT2D eigenvalue weighted by Gasteiger charge is 2.32. The quantitative estimate of drug-likeness (QED) is 0.570. The monoisotopic (exact) mass is 359 g/mol. The van der Waals surface area contributed by atoms with Crippen LogP contribution in [0.2, 0.25) is 0 Å². The first kappa shape index (κ1) is 19.3. The molecule has 2 saturated carbocycles. The highest BCUT2D eigenvalue weighted by molar-refractivity contribution is 5.36. The number of hydrogen-bond acceptors (Lipinski definition) is 1. The van der Waals surface area contributed by atoms with Crippen molar-refractivity contribution < 1.29 is 8.78 Å². The van der Waals surface area contributed by atoms with E-state index in [4.69, 9.17) is 5.26 Å². The second-order valence-electron chi connectivity index (χ2n) is 8.63. The van der Waals surface area contributed by atoms with Gasteiger partial charge in [0.05, 0.1) is 0 Å². The Balaban J connectivity index is 1.57. The Morgan fingerprint density at radius 1 is 0.962 bits per heavy atom. The molecule has 0 heterocycles. The van der Waals surface area contributed by atoms with E-state index in [0.717, 1.165) is 54.9 Å². The number of rotatable bonds is 4. The highest BCUT2D eigenvalue weighted by Crippen LogP contribution is 2.44. The van der Waals surface area contributed by atoms with Gasteiger partial charge in [0.1, 0.15) is 23.3 Å². The van der Waals surface area contributed by atoms with E-state index in [2.05, 4.69) is 13.8 Å². The highest BCUT2D eigenvalue weighted by atomic mass is 19.1. The fourth-order valence-corrected chi connectivity index (χ4v) is 5.42. The third kappa shape index (κ3) is 4.11. The summed E-state index contributed by atoms with van der Waals surface area (Å²) in [4.78, 5) is 0. The molecule has 1 aromatic carbocycles. The number of benzene rings is 1. The fraction of sp³-hybridized carbons (Fsp3) is 0.696. The lowest BCUT2D eigenvalue weighted by molar-refractivity contribution is 0.133. The van der Waals surface area contributed by atoms with Crippen LogP contribution in [0.15, 0.2) is 12.1 Å². The van der Waals surface area contributed by atoms with Crippen molar-refractivity contribution in [1.29, 1.82) is 5.26 Å². The van der Waals surface area contributed by atoms with Crippen LogP contribution < -0.4 is 0 Å². The van der Waals surface area contributed by atoms with E-state index in [1.165, 1.54) is 44.2 Å². The van der Waals surface area contributed by atoms with Gasteiger partial charge in [-0.2, -0.15) is 5.26 Å². The smallest absolute Gasteiger partial charge is 0.144 e. The SMILES string of the molecule is CCC1CCC(C(C)C2CCC(c3cc(F)c(C#N)c(F)c3)CC2)CC1. The van der Waals surface area contributed by atoms with Gasteiger partial charge in [0.25, 0.3) is 0 Å². The third-order valence-electron chi connectivity index (χ3n) is 7.38. The number of halogens is 2. The van der Waals surface area contributed by atoms with Crippen molar-refractivity contribution in [3.8, 4) is 6.07 Å². The zero-order valence-corrected chi connectivity index (χ0v) is 16.1. The Bertz CT molecular complexity index is 624. The van der Waals surface area contributed by atoms with E-state index < -0.39 is 17.2 Å². The molecule has 2 fully saturated rings. The molecule has 2 aliphatic rings. The van der Waals surface area contributed by atoms with Crippen LogP contribution in [0.3, 0.4) is 0 Å². The summed E-state index contributed by atoms with van der Waals surface area (Å²) in [6, 6.07) is 4.36. The minimum atomic E-state index is -0.717. The summed E-state index contributed by atoms with van der Waals surface area (Å²) in [7, 11) is 0. The maximum Gasteiger partial charge on any atom is 0.144 e. The Labute approximate surface area is 156 Å². The Kier molecular flexibility index (Phi) is 6.33. The molecule has 142 valence electrons. The molecule has 3 heteroatoms. The van der Waals surface area contributed by atoms with E-state index >= 15 is 0 Å². The van der Waals surface area contributed by atoms with Gasteiger partial charge in [0, 0.05) is 0 Å². The topological polar surface area (TPSA) is 23.8 Å². The first-order valence-corrected chi connectivity index (χ1v) is 10.4. The van der Waals surface area contributed by atoms with Crippen molar-refractivity contribution >= 4 is 0 Å². The van der Waals surface area contributed by atoms with Crippen LogP contribution in [0.4, 0.5) is 8.78 Å². The van der Waals surface area contributed by atoms with Gasteiger partial charge in [0.15, 0.2) is 0 Å². The van der Waals surface area contributed by atoms with E-state index in [9.17, 15) is 8.78 Å². The molecule has 0 amide bonds. The maximum atomic E-state index is 13.9. The van der Waals surface area contributed by atoms with Crippen molar-refractivity contribution in [1.82, 2.24) is 0 Å². The summed E-state index contributed by atoms with van der Waals surface area (Å²) in [5.74, 6) is 2.12. The molecule has 0 radical (unpaired) electrons. The molecule has 3 rings (SSSR count). The zero-order chi connectivity index (χ0) is 18.7. The van der Waals surface area contributed by atoms with Crippen LogP contribution in [0.1, 0.15) is 88.7 Å². The molecule has 1 nitrogen and oxygen atoms in total. The standard InChI is InChI=1S/C23H31F2N/c1-3-16-4-6-17(7-5-16)15(2)18-8-10-19(11-9-18)20-12-22(24)21(14-26)23(25)13-20/h12-13,15-19H,3-11H2,1-2H3. The molecule has 0 aromatic heterocycles. The van der Waals surface area contributed by atoms with Gasteiger partial charge >= 0.3 is 0 Å². The Morgan fingerprint density at radius 3 is 1.92 bits per heavy atom. The molecule has 0 saturated heterocycles. The summed E-state index contributed by atoms with van der Waals surface area (Å²) in [5.41, 5.74) is 0.271. The molecular weight excluding hydrogens is 328 g/mol. The minimum absolute atomic E-state index is 0.228. The normalized spacial score (nSPS) is 30.6. The molecule has 1 unspecified atom stereocenters. The summed E-state index contributed by atoms with van der Waals surface area (Å²) in [5, 5.41) is 8.82. The molecule has 1 atom stereocenters. The van der Waals surface area contributed by atoms with Crippen LogP contribution >= 0.6 is 0 Å². The first-order chi connectivity index (χ1) is 12.5. The van der Waals surface area contributed by atoms with Crippen molar-refractivity contribution in [3.05, 3.63) is 34.9 Å². The molecule has 0 bridgehead atoms. The number of hydrogen-bond donors (Lipinski definition) is 0. The second kappa shape index (κ2) is 8.51. The predicted molar refractivity (Wildman–Crippen MR) is 101 cm³/mol. The van der Waals surface area contributed by atoms with Gasteiger partial charge in [0.2, 0.25) is 0 Å². The Morgan fingerprint density at radius 2 is 1.46 bits per heavy atom. The maximum absolute atomic E-state index is 13.9. The summed E-state index contributed by atoms with van der Waals surface area (Å²) >= 11 is 0. The lowest BCUT2D eigenvalue weighted by Crippen LogP contribution is -2.28. The molecule has 2 aliphatic carbocycles. The third-order valence-corrected chi connectivity index (χ3v) is 7.38. The summed E-state index contributed by atoms with van der Waals surface area (Å²) in [6.45, 7) is 4.74. The molecule has 1 aromatic rings. The van der Waals surface area contributed by atoms with Crippen molar-refractivity contribution in [3.63, 3.8) is 0 Å². The van der Waals surface area contributed by atoms with Crippen molar-refractivity contribution in [2.75, 3.05) is 0 Å². The number of nitrogens with zero attached hydrogens (tertiary/aromatic N) is 1. The van der Waals surface area contributed by atoms with Gasteiger partial charge in [-0.3, -0.25) is 0 Å². The average Bonchev–Trinajstić information content (AvgIpc) is 2.67. The summed E-state index contributed by atoms with van der Waals surface area (Å²) in [6.07, 6.45) is 11.2. The van der Waals surface area contributed by atoms with Gasteiger partial charge < -0.3 is 0 Å². The van der Waals surface area contributed by atoms with Crippen LogP contribution in [0.5, 0.6) is 0 Å². The van der Waals surface area contributed by atoms with E-state index in [-0.39, 0.29) is 5.92 Å². The largest absolute Gasteiger partial charge is 0.205 e. The molecule has 0 N–H and O–H groups in total. The van der Waals surface area contributed by atoms with E-state index in [0.29, 0.717) is 0 Å². The van der Waals surface area contributed by atoms with Crippen LogP contribution in [-0.2, 0) is 0 Å². The lowest BCUT2D eigenvalue weighted by Gasteiger charge is -2.39. The first-order valence-electron chi connectivity index (χ1n) is 10.4. The van der Waals surface area contributed by atoms with Crippen LogP contribution in [-0.4, -0.2) is 0 Å². The van der Waals surface area contributed by atoms with Crippen LogP contribution in [0, 0.1) is 46.6 Å². The molecule has 26 heavy (non-hydrogen) atoms. The second-order valence-corrected chi connectivity index (χ2v) is 8.63. The predicted octanol–water partition coefficient (Wildman–Crippen LogP) is 6.96. The minimum Gasteiger partial charge on any atom is -0.205 e. The Hall–Kier alpha value is -1.43. The molecule has 0 aliphatic heterocycles. The van der Waals surface area contributed by atoms with Gasteiger partial charge in [-0.1, -0.05) is 33.1 Å². The van der Waals surface area contributed by atoms with Crippen molar-refractivity contribution in [2.45, 2.75) is 77.6 Å². The van der Waals surface area contributed by atoms with E-state index in [1.807, 2.05) is 0 Å². The van der Waals surface area contributed by atoms with Gasteiger partial charge in [-0.05, 0) is 85.8 Å². The molecule has 0 spiro atoms. The fourth-order valence-electron chi connectivity index (χ4n) is 5.42. The van der Waals surface area contributed by atoms with Crippen LogP contribution in [0.25, 0.3) is 0 Å². The molecular formula is C23H31F2N. The van der Waals surface area contributed by atoms with Gasteiger partial charge in [-0.25, -0.2) is 8.78 Å². The lowest BCUT2D eigenvalue weighted by atomic mass is 9.66. The average molecular weight is 360 g/mol. The zero-order valence-electron chi connectivity index (χ0n) is 16.1. The van der Waals surface area contributed by atoms with Gasteiger partial charge in [-0.15, -0.1) is 0 Å². The van der Waals surface area contributed by atoms with Crippen molar-refractivity contribution in [2.24, 2.45) is 23.7 Å². The number of nitriles is 1. The summed E-state index contributed by atoms with van der Waals surface area (Å²) < 4.78 is 27.8. The van der Waals surface area contributed by atoms with E-state index in [1.54, 1.807) is 6.07 Å².